The third-order valence-corrected chi connectivity index (χ3v) is 15.5. The average Bonchev–Trinajstić information content (AvgIpc) is 2.74. The van der Waals surface area contributed by atoms with Crippen LogP contribution in [0.15, 0.2) is 60.7 Å². The van der Waals surface area contributed by atoms with Gasteiger partial charge in [0, 0.05) is 18.8 Å². The number of hydrogen-bond acceptors (Lipinski definition) is 3. The summed E-state index contributed by atoms with van der Waals surface area (Å²) in [5.41, 5.74) is 0. The molecule has 170 valence electrons. The van der Waals surface area contributed by atoms with Crippen LogP contribution >= 0.6 is 11.8 Å². The number of rotatable bonds is 8. The second kappa shape index (κ2) is 10.5. The van der Waals surface area contributed by atoms with E-state index in [-0.39, 0.29) is 9.12 Å². The molecule has 0 radical (unpaired) electrons. The first-order chi connectivity index (χ1) is 14.7. The van der Waals surface area contributed by atoms with E-state index in [1.807, 2.05) is 11.8 Å². The molecule has 5 heteroatoms. The van der Waals surface area contributed by atoms with Crippen molar-refractivity contribution in [2.75, 3.05) is 12.4 Å². The van der Waals surface area contributed by atoms with Gasteiger partial charge >= 0.3 is 0 Å². The third-order valence-electron chi connectivity index (χ3n) is 6.36. The molecule has 1 N–H and O–H groups in total. The summed E-state index contributed by atoms with van der Waals surface area (Å²) in [5, 5.41) is 3.16. The Balaban J connectivity index is 1.72. The van der Waals surface area contributed by atoms with Gasteiger partial charge < -0.3 is 4.43 Å². The summed E-state index contributed by atoms with van der Waals surface area (Å²) in [6, 6.07) is 21.8. The largest absolute Gasteiger partial charge is 0.407 e. The Labute approximate surface area is 197 Å². The highest BCUT2D eigenvalue weighted by molar-refractivity contribution is 8.15. The molecule has 2 aromatic rings. The maximum atomic E-state index is 10.8. The van der Waals surface area contributed by atoms with Crippen LogP contribution in [0.4, 0.5) is 0 Å². The van der Waals surface area contributed by atoms with Crippen molar-refractivity contribution in [2.45, 2.75) is 74.7 Å². The van der Waals surface area contributed by atoms with Crippen molar-refractivity contribution in [3.63, 3.8) is 0 Å². The van der Waals surface area contributed by atoms with Gasteiger partial charge in [-0.05, 0) is 48.5 Å². The molecular weight excluding hydrogens is 437 g/mol. The molecule has 1 saturated heterocycles. The zero-order valence-electron chi connectivity index (χ0n) is 19.8. The lowest BCUT2D eigenvalue weighted by Crippen LogP contribution is -2.66. The zero-order chi connectivity index (χ0) is 22.5. The minimum Gasteiger partial charge on any atom is -0.407 e. The summed E-state index contributed by atoms with van der Waals surface area (Å²) in [6.07, 6.45) is 4.41. The fraction of sp³-hybridized carbons (Fsp3) is 0.538. The first-order valence-corrected chi connectivity index (χ1v) is 15.6. The van der Waals surface area contributed by atoms with Crippen LogP contribution in [0.2, 0.25) is 5.04 Å². The fourth-order valence-electron chi connectivity index (χ4n) is 4.73. The Morgan fingerprint density at radius 3 is 2.06 bits per heavy atom. The molecule has 31 heavy (non-hydrogen) atoms. The summed E-state index contributed by atoms with van der Waals surface area (Å²) in [5.74, 6) is 1.17. The van der Waals surface area contributed by atoms with E-state index >= 15 is 0 Å². The number of benzene rings is 2. The molecule has 0 bridgehead atoms. The molecule has 0 saturated carbocycles. The Kier molecular flexibility index (Phi) is 8.42. The Morgan fingerprint density at radius 2 is 1.55 bits per heavy atom. The van der Waals surface area contributed by atoms with Crippen LogP contribution in [0.25, 0.3) is 0 Å². The highest BCUT2D eigenvalue weighted by Gasteiger charge is 2.50. The highest BCUT2D eigenvalue weighted by atomic mass is 32.3. The van der Waals surface area contributed by atoms with Gasteiger partial charge in [0.25, 0.3) is 8.32 Å². The normalized spacial score (nSPS) is 21.7. The molecule has 2 atom stereocenters. The van der Waals surface area contributed by atoms with Crippen molar-refractivity contribution in [3.8, 4) is 0 Å². The van der Waals surface area contributed by atoms with E-state index < -0.39 is 19.5 Å². The van der Waals surface area contributed by atoms with E-state index in [1.165, 1.54) is 16.1 Å². The van der Waals surface area contributed by atoms with E-state index in [4.69, 9.17) is 4.43 Å². The smallest absolute Gasteiger partial charge is 0.261 e. The molecule has 3 rings (SSSR count). The molecule has 0 amide bonds. The summed E-state index contributed by atoms with van der Waals surface area (Å²) in [7, 11) is -2.43. The standard InChI is InChI=1S/C26H39O2S2Si/c1-25(2,3)31(23-15-8-6-9-16-23,24-17-10-7-11-18-24)28-20-13-12-14-22-19-21-29-26(4,5)30(22)27/h6-11,15-18,22,27H,12-14,19-21H2,1-5H3/q+1. The Morgan fingerprint density at radius 1 is 1.00 bits per heavy atom. The molecular formula is C26H39O2S2Si+. The fourth-order valence-corrected chi connectivity index (χ4v) is 13.1. The molecule has 0 aromatic heterocycles. The molecule has 0 aliphatic carbocycles. The molecule has 1 aliphatic rings. The summed E-state index contributed by atoms with van der Waals surface area (Å²) in [6.45, 7) is 12.2. The maximum Gasteiger partial charge on any atom is 0.261 e. The predicted molar refractivity (Wildman–Crippen MR) is 142 cm³/mol. The van der Waals surface area contributed by atoms with Crippen molar-refractivity contribution in [3.05, 3.63) is 60.7 Å². The van der Waals surface area contributed by atoms with Gasteiger partial charge in [0.05, 0.1) is 0 Å². The monoisotopic (exact) mass is 475 g/mol. The molecule has 2 nitrogen and oxygen atoms in total. The van der Waals surface area contributed by atoms with Gasteiger partial charge in [-0.2, -0.15) is 4.55 Å². The SMILES string of the molecule is CC1(C)SCCC(CCCCO[Si](c2ccccc2)(c2ccccc2)C(C)(C)C)[S+]1O. The zero-order valence-corrected chi connectivity index (χ0v) is 22.4. The molecule has 2 aromatic carbocycles. The van der Waals surface area contributed by atoms with Gasteiger partial charge in [-0.25, -0.2) is 0 Å². The number of unbranched alkanes of at least 4 members (excludes halogenated alkanes) is 1. The molecule has 1 aliphatic heterocycles. The van der Waals surface area contributed by atoms with Gasteiger partial charge in [-0.15, -0.1) is 0 Å². The Hall–Kier alpha value is -0.723. The van der Waals surface area contributed by atoms with Crippen LogP contribution in [0.5, 0.6) is 0 Å². The lowest BCUT2D eigenvalue weighted by atomic mass is 10.1. The van der Waals surface area contributed by atoms with Gasteiger partial charge in [-0.3, -0.25) is 0 Å². The summed E-state index contributed by atoms with van der Waals surface area (Å²) >= 11 is 1.42. The van der Waals surface area contributed by atoms with Crippen molar-refractivity contribution < 1.29 is 8.98 Å². The van der Waals surface area contributed by atoms with Gasteiger partial charge in [0.15, 0.2) is 20.5 Å². The van der Waals surface area contributed by atoms with E-state index in [0.29, 0.717) is 5.25 Å². The molecule has 1 heterocycles. The van der Waals surface area contributed by atoms with E-state index in [1.54, 1.807) is 0 Å². The van der Waals surface area contributed by atoms with Crippen LogP contribution in [0.1, 0.15) is 60.3 Å². The minimum absolute atomic E-state index is 0.00827. The second-order valence-corrected chi connectivity index (χ2v) is 18.6. The van der Waals surface area contributed by atoms with E-state index in [9.17, 15) is 4.55 Å². The maximum absolute atomic E-state index is 10.8. The number of hydrogen-bond donors (Lipinski definition) is 1. The third kappa shape index (κ3) is 5.62. The highest BCUT2D eigenvalue weighted by Crippen LogP contribution is 2.41. The first kappa shape index (κ1) is 24.9. The van der Waals surface area contributed by atoms with Crippen LogP contribution in [-0.4, -0.2) is 34.6 Å². The quantitative estimate of drug-likeness (QED) is 0.286. The molecule has 2 unspecified atom stereocenters. The molecule has 1 fully saturated rings. The summed E-state index contributed by atoms with van der Waals surface area (Å²) in [4.78, 5) is 0. The van der Waals surface area contributed by atoms with E-state index in [2.05, 4.69) is 95.3 Å². The van der Waals surface area contributed by atoms with Crippen molar-refractivity contribution in [2.24, 2.45) is 0 Å². The van der Waals surface area contributed by atoms with Crippen molar-refractivity contribution >= 4 is 41.6 Å². The Bertz CT molecular complexity index is 766. The number of thioether (sulfide) groups is 1. The van der Waals surface area contributed by atoms with Crippen LogP contribution < -0.4 is 10.4 Å². The van der Waals surface area contributed by atoms with Crippen LogP contribution in [0.3, 0.4) is 0 Å². The first-order valence-electron chi connectivity index (χ1n) is 11.5. The lowest BCUT2D eigenvalue weighted by Gasteiger charge is -2.43. The van der Waals surface area contributed by atoms with Gasteiger partial charge in [0.1, 0.15) is 0 Å². The van der Waals surface area contributed by atoms with E-state index in [0.717, 1.165) is 32.3 Å². The van der Waals surface area contributed by atoms with Gasteiger partial charge in [0.2, 0.25) is 0 Å². The van der Waals surface area contributed by atoms with Crippen LogP contribution in [-0.2, 0) is 15.6 Å². The lowest BCUT2D eigenvalue weighted by molar-refractivity contribution is 0.286. The average molecular weight is 476 g/mol. The second-order valence-electron chi connectivity index (χ2n) is 9.98. The predicted octanol–water partition coefficient (Wildman–Crippen LogP) is 6.07. The molecule has 0 spiro atoms. The van der Waals surface area contributed by atoms with Crippen molar-refractivity contribution in [1.82, 2.24) is 0 Å². The topological polar surface area (TPSA) is 29.5 Å². The minimum atomic E-state index is -2.43. The van der Waals surface area contributed by atoms with Crippen LogP contribution in [0, 0.1) is 0 Å². The summed E-state index contributed by atoms with van der Waals surface area (Å²) < 4.78 is 17.8. The van der Waals surface area contributed by atoms with Crippen molar-refractivity contribution in [1.29, 1.82) is 0 Å². The van der Waals surface area contributed by atoms with Gasteiger partial charge in [-0.1, -0.05) is 93.2 Å².